The average molecular weight is 532 g/mol. The number of hydrazone groups is 1. The van der Waals surface area contributed by atoms with Crippen LogP contribution in [0.4, 0.5) is 0 Å². The van der Waals surface area contributed by atoms with Crippen molar-refractivity contribution in [1.82, 2.24) is 9.99 Å². The topological polar surface area (TPSA) is 71.9 Å². The second-order valence-corrected chi connectivity index (χ2v) is 10.7. The molecule has 0 unspecified atom stereocenters. The van der Waals surface area contributed by atoms with Gasteiger partial charge < -0.3 is 4.74 Å². The van der Waals surface area contributed by atoms with Crippen LogP contribution in [-0.4, -0.2) is 34.2 Å². The lowest BCUT2D eigenvalue weighted by Gasteiger charge is -2.28. The minimum absolute atomic E-state index is 0.0926. The summed E-state index contributed by atoms with van der Waals surface area (Å²) in [6, 6.07) is 9.26. The number of ether oxygens (including phenoxy) is 1. The fourth-order valence-electron chi connectivity index (χ4n) is 4.30. The van der Waals surface area contributed by atoms with E-state index >= 15 is 0 Å². The molecule has 2 aliphatic rings. The van der Waals surface area contributed by atoms with Crippen molar-refractivity contribution in [1.29, 1.82) is 0 Å². The van der Waals surface area contributed by atoms with Crippen LogP contribution in [0.3, 0.4) is 0 Å². The number of hydrogen-bond acceptors (Lipinski definition) is 7. The third-order valence-electron chi connectivity index (χ3n) is 5.81. The average Bonchev–Trinajstić information content (AvgIpc) is 3.60. The van der Waals surface area contributed by atoms with Crippen LogP contribution in [0.15, 0.2) is 58.0 Å². The zero-order valence-electron chi connectivity index (χ0n) is 17.8. The van der Waals surface area contributed by atoms with Crippen LogP contribution in [0.5, 0.6) is 0 Å². The molecule has 5 rings (SSSR count). The summed E-state index contributed by atoms with van der Waals surface area (Å²) in [4.78, 5) is 31.8. The molecule has 6 nitrogen and oxygen atoms in total. The quantitative estimate of drug-likeness (QED) is 0.278. The van der Waals surface area contributed by atoms with Crippen molar-refractivity contribution in [2.24, 2.45) is 11.0 Å². The molecule has 0 N–H and O–H groups in total. The monoisotopic (exact) mass is 531 g/mol. The van der Waals surface area contributed by atoms with Crippen LogP contribution in [0.1, 0.15) is 45.4 Å². The van der Waals surface area contributed by atoms with Crippen molar-refractivity contribution in [3.05, 3.63) is 78.4 Å². The minimum Gasteiger partial charge on any atom is -0.452 e. The zero-order chi connectivity index (χ0) is 23.7. The smallest absolute Gasteiger partial charge is 0.340 e. The summed E-state index contributed by atoms with van der Waals surface area (Å²) in [5.41, 5.74) is 2.24. The molecular formula is C24H19Cl2N3O3S2. The number of aromatic nitrogens is 1. The standard InChI is InChI=1S/C24H19Cl2N3O3S2/c25-18-11-15(12-27-23(18)26)24(31)32-13-20(30)29-22(19-7-3-9-34-19)17-6-1-4-14(21(17)28-29)10-16-5-2-8-33-16/h2-3,5,7-12,17,22H,1,4,6,13H2/b14-10-/t17-,22+/m0/s1. The third kappa shape index (κ3) is 4.68. The lowest BCUT2D eigenvalue weighted by Crippen LogP contribution is -2.34. The van der Waals surface area contributed by atoms with Gasteiger partial charge in [0.05, 0.1) is 22.3 Å². The van der Waals surface area contributed by atoms with Crippen molar-refractivity contribution in [2.45, 2.75) is 25.3 Å². The van der Waals surface area contributed by atoms with E-state index in [1.165, 1.54) is 22.1 Å². The number of thiophene rings is 2. The Balaban J connectivity index is 1.38. The van der Waals surface area contributed by atoms with E-state index < -0.39 is 12.6 Å². The van der Waals surface area contributed by atoms with Crippen molar-refractivity contribution >= 4 is 69.5 Å². The highest BCUT2D eigenvalue weighted by Crippen LogP contribution is 2.45. The highest BCUT2D eigenvalue weighted by molar-refractivity contribution is 7.11. The summed E-state index contributed by atoms with van der Waals surface area (Å²) in [6.45, 7) is -0.436. The second-order valence-electron chi connectivity index (χ2n) is 7.94. The van der Waals surface area contributed by atoms with Gasteiger partial charge in [-0.3, -0.25) is 4.79 Å². The number of allylic oxidation sites excluding steroid dienone is 1. The number of halogens is 2. The number of nitrogens with zero attached hydrogens (tertiary/aromatic N) is 3. The number of carbonyl (C=O) groups is 2. The van der Waals surface area contributed by atoms with Crippen LogP contribution >= 0.6 is 45.9 Å². The molecule has 10 heteroatoms. The van der Waals surface area contributed by atoms with E-state index in [-0.39, 0.29) is 33.6 Å². The summed E-state index contributed by atoms with van der Waals surface area (Å²) in [6.07, 6.45) is 6.34. The van der Waals surface area contributed by atoms with Gasteiger partial charge in [-0.25, -0.2) is 14.8 Å². The summed E-state index contributed by atoms with van der Waals surface area (Å²) in [5, 5.41) is 10.6. The highest BCUT2D eigenvalue weighted by atomic mass is 35.5. The second kappa shape index (κ2) is 10.00. The van der Waals surface area contributed by atoms with Crippen molar-refractivity contribution in [3.63, 3.8) is 0 Å². The molecule has 0 bridgehead atoms. The molecule has 0 saturated heterocycles. The van der Waals surface area contributed by atoms with E-state index in [0.717, 1.165) is 35.4 Å². The molecule has 3 aromatic heterocycles. The lowest BCUT2D eigenvalue weighted by atomic mass is 9.79. The van der Waals surface area contributed by atoms with Crippen molar-refractivity contribution in [3.8, 4) is 0 Å². The number of rotatable bonds is 5. The van der Waals surface area contributed by atoms with Gasteiger partial charge in [0.25, 0.3) is 5.91 Å². The Morgan fingerprint density at radius 2 is 2.03 bits per heavy atom. The van der Waals surface area contributed by atoms with Gasteiger partial charge in [0.1, 0.15) is 5.15 Å². The fourth-order valence-corrected chi connectivity index (χ4v) is 6.13. The zero-order valence-corrected chi connectivity index (χ0v) is 21.0. The molecule has 1 fully saturated rings. The molecular weight excluding hydrogens is 513 g/mol. The maximum atomic E-state index is 13.2. The first-order chi connectivity index (χ1) is 16.5. The Hall–Kier alpha value is -2.52. The van der Waals surface area contributed by atoms with E-state index in [1.807, 2.05) is 29.0 Å². The number of hydrogen-bond donors (Lipinski definition) is 0. The molecule has 1 aliphatic heterocycles. The van der Waals surface area contributed by atoms with Crippen molar-refractivity contribution in [2.75, 3.05) is 6.61 Å². The van der Waals surface area contributed by atoms with Gasteiger partial charge >= 0.3 is 5.97 Å². The molecule has 4 heterocycles. The van der Waals surface area contributed by atoms with E-state index in [1.54, 1.807) is 22.7 Å². The minimum atomic E-state index is -0.699. The predicted octanol–water partition coefficient (Wildman–Crippen LogP) is 6.49. The molecule has 3 aromatic rings. The van der Waals surface area contributed by atoms with Gasteiger partial charge in [-0.1, -0.05) is 35.3 Å². The Bertz CT molecular complexity index is 1270. The van der Waals surface area contributed by atoms with Crippen LogP contribution < -0.4 is 0 Å². The van der Waals surface area contributed by atoms with Crippen LogP contribution in [0.25, 0.3) is 6.08 Å². The van der Waals surface area contributed by atoms with E-state index in [4.69, 9.17) is 33.0 Å². The van der Waals surface area contributed by atoms with Gasteiger partial charge in [-0.15, -0.1) is 22.7 Å². The molecule has 0 spiro atoms. The van der Waals surface area contributed by atoms with Gasteiger partial charge in [-0.05, 0) is 59.9 Å². The summed E-state index contributed by atoms with van der Waals surface area (Å²) < 4.78 is 5.28. The van der Waals surface area contributed by atoms with Gasteiger partial charge in [0, 0.05) is 21.9 Å². The van der Waals surface area contributed by atoms with E-state index in [9.17, 15) is 9.59 Å². The molecule has 0 aromatic carbocycles. The summed E-state index contributed by atoms with van der Waals surface area (Å²) in [5.74, 6) is -0.968. The maximum Gasteiger partial charge on any atom is 0.340 e. The van der Waals surface area contributed by atoms with Crippen LogP contribution in [0.2, 0.25) is 10.2 Å². The van der Waals surface area contributed by atoms with Crippen LogP contribution in [0, 0.1) is 5.92 Å². The van der Waals surface area contributed by atoms with Gasteiger partial charge in [0.15, 0.2) is 6.61 Å². The summed E-state index contributed by atoms with van der Waals surface area (Å²) >= 11 is 15.0. The van der Waals surface area contributed by atoms with Gasteiger partial charge in [0.2, 0.25) is 0 Å². The number of fused-ring (bicyclic) bond motifs is 1. The number of carbonyl (C=O) groups excluding carboxylic acids is 2. The predicted molar refractivity (Wildman–Crippen MR) is 136 cm³/mol. The maximum absolute atomic E-state index is 13.2. The lowest BCUT2D eigenvalue weighted by molar-refractivity contribution is -0.136. The first kappa shape index (κ1) is 23.2. The molecule has 0 radical (unpaired) electrons. The Morgan fingerprint density at radius 1 is 1.21 bits per heavy atom. The van der Waals surface area contributed by atoms with Crippen LogP contribution in [-0.2, 0) is 9.53 Å². The molecule has 1 amide bonds. The Morgan fingerprint density at radius 3 is 2.76 bits per heavy atom. The van der Waals surface area contributed by atoms with Crippen molar-refractivity contribution < 1.29 is 14.3 Å². The first-order valence-electron chi connectivity index (χ1n) is 10.7. The van der Waals surface area contributed by atoms with E-state index in [2.05, 4.69) is 17.1 Å². The largest absolute Gasteiger partial charge is 0.452 e. The molecule has 1 saturated carbocycles. The van der Waals surface area contributed by atoms with Gasteiger partial charge in [-0.2, -0.15) is 5.10 Å². The molecule has 2 atom stereocenters. The molecule has 34 heavy (non-hydrogen) atoms. The van der Waals surface area contributed by atoms with E-state index in [0.29, 0.717) is 0 Å². The third-order valence-corrected chi connectivity index (χ3v) is 8.26. The number of esters is 1. The first-order valence-corrected chi connectivity index (χ1v) is 13.2. The Kier molecular flexibility index (Phi) is 6.83. The Labute approximate surface area is 214 Å². The molecule has 1 aliphatic carbocycles. The number of pyridine rings is 1. The fraction of sp³-hybridized carbons (Fsp3) is 0.250. The SMILES string of the molecule is O=C(OCC(=O)N1N=C2/C(=C\c3cccs3)CCC[C@@H]2[C@@H]1c1cccs1)c1cnc(Cl)c(Cl)c1. The number of amides is 1. The molecule has 174 valence electrons. The highest BCUT2D eigenvalue weighted by Gasteiger charge is 2.44. The normalized spacial score (nSPS) is 20.8. The summed E-state index contributed by atoms with van der Waals surface area (Å²) in [7, 11) is 0.